The van der Waals surface area contributed by atoms with Gasteiger partial charge in [-0.1, -0.05) is 6.92 Å². The summed E-state index contributed by atoms with van der Waals surface area (Å²) in [5.41, 5.74) is 0. The smallest absolute Gasteiger partial charge is 0.218 e. The lowest BCUT2D eigenvalue weighted by molar-refractivity contribution is 0.305. The van der Waals surface area contributed by atoms with Crippen LogP contribution < -0.4 is 10.1 Å². The molecule has 4 nitrogen and oxygen atoms in total. The molecule has 1 fully saturated rings. The van der Waals surface area contributed by atoms with Crippen LogP contribution in [0.5, 0.6) is 5.88 Å². The molecule has 1 unspecified atom stereocenters. The maximum absolute atomic E-state index is 5.46. The minimum atomic E-state index is 0.494. The van der Waals surface area contributed by atoms with Crippen molar-refractivity contribution in [2.24, 2.45) is 5.92 Å². The highest BCUT2D eigenvalue weighted by molar-refractivity contribution is 5.38. The first-order valence-corrected chi connectivity index (χ1v) is 6.01. The predicted molar refractivity (Wildman–Crippen MR) is 63.6 cm³/mol. The van der Waals surface area contributed by atoms with Gasteiger partial charge in [-0.25, -0.2) is 9.97 Å². The van der Waals surface area contributed by atoms with Crippen molar-refractivity contribution in [3.05, 3.63) is 12.4 Å². The molecule has 1 aliphatic carbocycles. The molecule has 1 heterocycles. The number of hydrogen-bond acceptors (Lipinski definition) is 4. The summed E-state index contributed by atoms with van der Waals surface area (Å²) in [5.74, 6) is 2.33. The largest absolute Gasteiger partial charge is 0.478 e. The van der Waals surface area contributed by atoms with Gasteiger partial charge in [0.05, 0.1) is 6.61 Å². The van der Waals surface area contributed by atoms with Gasteiger partial charge in [0.15, 0.2) is 0 Å². The Balaban J connectivity index is 1.92. The van der Waals surface area contributed by atoms with Crippen LogP contribution in [-0.4, -0.2) is 22.6 Å². The van der Waals surface area contributed by atoms with Crippen LogP contribution in [0.1, 0.15) is 33.1 Å². The number of rotatable bonds is 6. The zero-order chi connectivity index (χ0) is 11.4. The molecule has 0 spiro atoms. The van der Waals surface area contributed by atoms with E-state index in [1.165, 1.54) is 12.8 Å². The molecule has 1 aromatic rings. The second-order valence-electron chi connectivity index (χ2n) is 4.36. The van der Waals surface area contributed by atoms with E-state index in [9.17, 15) is 0 Å². The molecule has 16 heavy (non-hydrogen) atoms. The third-order valence-electron chi connectivity index (χ3n) is 2.80. The van der Waals surface area contributed by atoms with Gasteiger partial charge in [-0.05, 0) is 32.1 Å². The Labute approximate surface area is 96.4 Å². The normalized spacial score (nSPS) is 16.9. The highest BCUT2D eigenvalue weighted by atomic mass is 16.5. The summed E-state index contributed by atoms with van der Waals surface area (Å²) < 4.78 is 5.46. The molecular weight excluding hydrogens is 202 g/mol. The minimum absolute atomic E-state index is 0.494. The molecule has 0 bridgehead atoms. The van der Waals surface area contributed by atoms with Gasteiger partial charge in [0.2, 0.25) is 5.88 Å². The molecule has 0 aromatic carbocycles. The van der Waals surface area contributed by atoms with Crippen LogP contribution in [0.4, 0.5) is 5.82 Å². The van der Waals surface area contributed by atoms with Crippen LogP contribution in [-0.2, 0) is 0 Å². The molecule has 1 atom stereocenters. The van der Waals surface area contributed by atoms with Gasteiger partial charge >= 0.3 is 0 Å². The lowest BCUT2D eigenvalue weighted by Crippen LogP contribution is -2.18. The summed E-state index contributed by atoms with van der Waals surface area (Å²) in [6, 6.07) is 2.36. The number of aromatic nitrogens is 2. The average molecular weight is 221 g/mol. The molecule has 1 N–H and O–H groups in total. The average Bonchev–Trinajstić information content (AvgIpc) is 3.10. The summed E-state index contributed by atoms with van der Waals surface area (Å²) in [6.07, 6.45) is 5.20. The Morgan fingerprint density at radius 1 is 1.50 bits per heavy atom. The van der Waals surface area contributed by atoms with E-state index < -0.39 is 0 Å². The van der Waals surface area contributed by atoms with Crippen LogP contribution in [0.2, 0.25) is 0 Å². The van der Waals surface area contributed by atoms with Gasteiger partial charge < -0.3 is 10.1 Å². The SMILES string of the molecule is CCCOc1cc(NC(C)C2CC2)ncn1. The first-order valence-electron chi connectivity index (χ1n) is 6.01. The summed E-state index contributed by atoms with van der Waals surface area (Å²) in [6.45, 7) is 4.98. The lowest BCUT2D eigenvalue weighted by atomic mass is 10.2. The second-order valence-corrected chi connectivity index (χ2v) is 4.36. The summed E-state index contributed by atoms with van der Waals surface area (Å²) in [7, 11) is 0. The Kier molecular flexibility index (Phi) is 3.59. The molecule has 88 valence electrons. The van der Waals surface area contributed by atoms with Crippen molar-refractivity contribution >= 4 is 5.82 Å². The van der Waals surface area contributed by atoms with Crippen LogP contribution in [0.3, 0.4) is 0 Å². The highest BCUT2D eigenvalue weighted by Gasteiger charge is 2.27. The number of nitrogens with zero attached hydrogens (tertiary/aromatic N) is 2. The Bertz CT molecular complexity index is 339. The van der Waals surface area contributed by atoms with E-state index >= 15 is 0 Å². The quantitative estimate of drug-likeness (QED) is 0.801. The number of hydrogen-bond donors (Lipinski definition) is 1. The van der Waals surface area contributed by atoms with E-state index in [1.807, 2.05) is 6.07 Å². The lowest BCUT2D eigenvalue weighted by Gasteiger charge is -2.13. The van der Waals surface area contributed by atoms with Crippen molar-refractivity contribution in [1.82, 2.24) is 9.97 Å². The van der Waals surface area contributed by atoms with Crippen LogP contribution in [0.15, 0.2) is 12.4 Å². The molecule has 1 aromatic heterocycles. The maximum atomic E-state index is 5.46. The molecule has 1 saturated carbocycles. The van der Waals surface area contributed by atoms with Crippen molar-refractivity contribution < 1.29 is 4.74 Å². The molecule has 0 amide bonds. The Morgan fingerprint density at radius 2 is 2.31 bits per heavy atom. The first kappa shape index (κ1) is 11.2. The van der Waals surface area contributed by atoms with Crippen molar-refractivity contribution in [3.63, 3.8) is 0 Å². The van der Waals surface area contributed by atoms with Crippen molar-refractivity contribution in [2.45, 2.75) is 39.2 Å². The molecular formula is C12H19N3O. The van der Waals surface area contributed by atoms with Gasteiger partial charge in [-0.2, -0.15) is 0 Å². The van der Waals surface area contributed by atoms with E-state index in [0.29, 0.717) is 18.5 Å². The second kappa shape index (κ2) is 5.14. The standard InChI is InChI=1S/C12H19N3O/c1-3-6-16-12-7-11(13-8-14-12)15-9(2)10-4-5-10/h7-10H,3-6H2,1-2H3,(H,13,14,15). The van der Waals surface area contributed by atoms with E-state index in [1.54, 1.807) is 6.33 Å². The van der Waals surface area contributed by atoms with Crippen molar-refractivity contribution in [3.8, 4) is 5.88 Å². The van der Waals surface area contributed by atoms with E-state index in [2.05, 4.69) is 29.1 Å². The molecule has 2 rings (SSSR count). The summed E-state index contributed by atoms with van der Waals surface area (Å²) in [4.78, 5) is 8.27. The fraction of sp³-hybridized carbons (Fsp3) is 0.667. The molecule has 1 aliphatic rings. The van der Waals surface area contributed by atoms with Gasteiger partial charge in [0, 0.05) is 12.1 Å². The predicted octanol–water partition coefficient (Wildman–Crippen LogP) is 2.48. The highest BCUT2D eigenvalue weighted by Crippen LogP contribution is 2.33. The third-order valence-corrected chi connectivity index (χ3v) is 2.80. The molecule has 0 saturated heterocycles. The fourth-order valence-electron chi connectivity index (χ4n) is 1.65. The Morgan fingerprint density at radius 3 is 3.00 bits per heavy atom. The van der Waals surface area contributed by atoms with Crippen LogP contribution >= 0.6 is 0 Å². The Hall–Kier alpha value is -1.32. The third kappa shape index (κ3) is 3.08. The van der Waals surface area contributed by atoms with Gasteiger partial charge in [0.1, 0.15) is 12.1 Å². The topological polar surface area (TPSA) is 47.0 Å². The van der Waals surface area contributed by atoms with Crippen LogP contribution in [0.25, 0.3) is 0 Å². The van der Waals surface area contributed by atoms with Gasteiger partial charge in [-0.15, -0.1) is 0 Å². The fourth-order valence-corrected chi connectivity index (χ4v) is 1.65. The van der Waals surface area contributed by atoms with Crippen LogP contribution in [0, 0.1) is 5.92 Å². The van der Waals surface area contributed by atoms with Crippen molar-refractivity contribution in [2.75, 3.05) is 11.9 Å². The molecule has 0 aliphatic heterocycles. The molecule has 0 radical (unpaired) electrons. The van der Waals surface area contributed by atoms with Crippen molar-refractivity contribution in [1.29, 1.82) is 0 Å². The zero-order valence-electron chi connectivity index (χ0n) is 9.94. The summed E-state index contributed by atoms with van der Waals surface area (Å²) in [5, 5.41) is 3.39. The first-order chi connectivity index (χ1) is 7.79. The molecule has 4 heteroatoms. The number of anilines is 1. The monoisotopic (exact) mass is 221 g/mol. The number of nitrogens with one attached hydrogen (secondary N) is 1. The number of ether oxygens (including phenoxy) is 1. The zero-order valence-corrected chi connectivity index (χ0v) is 9.94. The summed E-state index contributed by atoms with van der Waals surface area (Å²) >= 11 is 0. The van der Waals surface area contributed by atoms with Gasteiger partial charge in [0.25, 0.3) is 0 Å². The minimum Gasteiger partial charge on any atom is -0.478 e. The van der Waals surface area contributed by atoms with Gasteiger partial charge in [-0.3, -0.25) is 0 Å². The maximum Gasteiger partial charge on any atom is 0.218 e. The van der Waals surface area contributed by atoms with E-state index in [4.69, 9.17) is 4.74 Å². The van der Waals surface area contributed by atoms with E-state index in [0.717, 1.165) is 18.2 Å². The van der Waals surface area contributed by atoms with E-state index in [-0.39, 0.29) is 0 Å².